The molecular weight excluding hydrogens is 306 g/mol. The lowest BCUT2D eigenvalue weighted by Gasteiger charge is -2.29. The Morgan fingerprint density at radius 3 is 2.38 bits per heavy atom. The van der Waals surface area contributed by atoms with Crippen LogP contribution in [-0.2, 0) is 14.3 Å². The maximum absolute atomic E-state index is 12.3. The van der Waals surface area contributed by atoms with Gasteiger partial charge in [-0.25, -0.2) is 9.59 Å². The van der Waals surface area contributed by atoms with Gasteiger partial charge < -0.3 is 14.8 Å². The van der Waals surface area contributed by atoms with E-state index in [4.69, 9.17) is 9.47 Å². The van der Waals surface area contributed by atoms with E-state index in [1.807, 2.05) is 37.3 Å². The summed E-state index contributed by atoms with van der Waals surface area (Å²) in [6, 6.07) is 8.13. The largest absolute Gasteiger partial charge is 0.467 e. The molecule has 1 aliphatic carbocycles. The zero-order valence-corrected chi connectivity index (χ0v) is 14.9. The third-order valence-corrected chi connectivity index (χ3v) is 3.93. The molecule has 1 aromatic rings. The van der Waals surface area contributed by atoms with Crippen LogP contribution in [0.3, 0.4) is 0 Å². The van der Waals surface area contributed by atoms with Gasteiger partial charge in [-0.05, 0) is 39.7 Å². The number of hydrogen-bond acceptors (Lipinski definition) is 4. The molecule has 5 nitrogen and oxygen atoms in total. The van der Waals surface area contributed by atoms with Crippen molar-refractivity contribution >= 4 is 12.1 Å². The molecule has 2 atom stereocenters. The van der Waals surface area contributed by atoms with E-state index in [0.717, 1.165) is 5.56 Å². The van der Waals surface area contributed by atoms with Crippen LogP contribution in [0.5, 0.6) is 0 Å². The molecule has 1 amide bonds. The Morgan fingerprint density at radius 1 is 1.21 bits per heavy atom. The fourth-order valence-electron chi connectivity index (χ4n) is 2.77. The molecule has 5 heteroatoms. The Balaban J connectivity index is 2.19. The number of aryl methyl sites for hydroxylation is 1. The van der Waals surface area contributed by atoms with Gasteiger partial charge in [-0.15, -0.1) is 0 Å². The topological polar surface area (TPSA) is 64.6 Å². The van der Waals surface area contributed by atoms with Gasteiger partial charge in [-0.2, -0.15) is 0 Å². The summed E-state index contributed by atoms with van der Waals surface area (Å²) in [6.07, 6.45) is 3.40. The second-order valence-electron chi connectivity index (χ2n) is 7.17. The van der Waals surface area contributed by atoms with Gasteiger partial charge in [0.2, 0.25) is 0 Å². The van der Waals surface area contributed by atoms with Crippen LogP contribution in [0.2, 0.25) is 0 Å². The fraction of sp³-hybridized carbons (Fsp3) is 0.474. The Morgan fingerprint density at radius 2 is 1.83 bits per heavy atom. The van der Waals surface area contributed by atoms with E-state index >= 15 is 0 Å². The second kappa shape index (κ2) is 6.67. The minimum atomic E-state index is -1.20. The molecule has 0 heterocycles. The molecule has 2 rings (SSSR count). The van der Waals surface area contributed by atoms with Crippen molar-refractivity contribution in [1.82, 2.24) is 5.32 Å². The van der Waals surface area contributed by atoms with Crippen molar-refractivity contribution in [2.75, 3.05) is 7.11 Å². The summed E-state index contributed by atoms with van der Waals surface area (Å²) in [5.74, 6) is -0.473. The monoisotopic (exact) mass is 331 g/mol. The smallest absolute Gasteiger partial charge is 0.408 e. The number of allylic oxidation sites excluding steroid dienone is 1. The molecule has 1 N–H and O–H groups in total. The quantitative estimate of drug-likeness (QED) is 0.680. The van der Waals surface area contributed by atoms with Crippen LogP contribution >= 0.6 is 0 Å². The molecule has 0 radical (unpaired) electrons. The summed E-state index contributed by atoms with van der Waals surface area (Å²) in [4.78, 5) is 24.5. The summed E-state index contributed by atoms with van der Waals surface area (Å²) < 4.78 is 10.2. The third kappa shape index (κ3) is 4.16. The van der Waals surface area contributed by atoms with E-state index in [0.29, 0.717) is 6.42 Å². The zero-order valence-electron chi connectivity index (χ0n) is 14.9. The van der Waals surface area contributed by atoms with Gasteiger partial charge in [0.05, 0.1) is 7.11 Å². The average molecular weight is 331 g/mol. The number of amides is 1. The summed E-state index contributed by atoms with van der Waals surface area (Å²) in [5.41, 5.74) is 0.424. The van der Waals surface area contributed by atoms with Gasteiger partial charge >= 0.3 is 12.1 Å². The molecule has 0 aromatic heterocycles. The predicted molar refractivity (Wildman–Crippen MR) is 91.8 cm³/mol. The molecule has 24 heavy (non-hydrogen) atoms. The molecule has 0 unspecified atom stereocenters. The third-order valence-electron chi connectivity index (χ3n) is 3.93. The summed E-state index contributed by atoms with van der Waals surface area (Å²) >= 11 is 0. The van der Waals surface area contributed by atoms with Crippen molar-refractivity contribution in [2.24, 2.45) is 0 Å². The van der Waals surface area contributed by atoms with Gasteiger partial charge in [0, 0.05) is 5.92 Å². The highest BCUT2D eigenvalue weighted by molar-refractivity contribution is 5.89. The van der Waals surface area contributed by atoms with Crippen molar-refractivity contribution in [3.05, 3.63) is 47.5 Å². The maximum atomic E-state index is 12.3. The van der Waals surface area contributed by atoms with Crippen molar-refractivity contribution in [2.45, 2.75) is 51.2 Å². The summed E-state index contributed by atoms with van der Waals surface area (Å²) in [7, 11) is 1.31. The van der Waals surface area contributed by atoms with Gasteiger partial charge in [0.25, 0.3) is 0 Å². The van der Waals surface area contributed by atoms with Gasteiger partial charge in [0.15, 0.2) is 5.54 Å². The lowest BCUT2D eigenvalue weighted by atomic mass is 9.90. The number of rotatable bonds is 3. The van der Waals surface area contributed by atoms with Crippen LogP contribution in [0.15, 0.2) is 36.4 Å². The number of alkyl carbamates (subject to hydrolysis) is 1. The Labute approximate surface area is 143 Å². The molecule has 1 aliphatic rings. The number of carbonyl (C=O) groups is 2. The van der Waals surface area contributed by atoms with Crippen molar-refractivity contribution < 1.29 is 19.1 Å². The van der Waals surface area contributed by atoms with Crippen molar-refractivity contribution in [3.63, 3.8) is 0 Å². The maximum Gasteiger partial charge on any atom is 0.408 e. The van der Waals surface area contributed by atoms with E-state index in [9.17, 15) is 9.59 Å². The molecule has 0 fully saturated rings. The standard InChI is InChI=1S/C19H25NO4/c1-13-6-8-14(9-7-13)15-10-11-19(12-15,16(21)23-5)20-17(22)24-18(2,3)4/h6-11,15H,12H2,1-5H3,(H,20,22)/t15-,19+/m0/s1. The normalized spacial score (nSPS) is 23.0. The Bertz CT molecular complexity index is 642. The Hall–Kier alpha value is -2.30. The minimum Gasteiger partial charge on any atom is -0.467 e. The van der Waals surface area contributed by atoms with Crippen LogP contribution < -0.4 is 5.32 Å². The first-order chi connectivity index (χ1) is 11.1. The molecule has 0 saturated heterocycles. The minimum absolute atomic E-state index is 0.0274. The number of esters is 1. The van der Waals surface area contributed by atoms with Gasteiger partial charge in [-0.3, -0.25) is 0 Å². The number of benzene rings is 1. The molecule has 0 spiro atoms. The van der Waals surface area contributed by atoms with Crippen LogP contribution in [0.25, 0.3) is 0 Å². The SMILES string of the molecule is COC(=O)[C@@]1(NC(=O)OC(C)(C)C)C=C[C@H](c2ccc(C)cc2)C1. The fourth-order valence-corrected chi connectivity index (χ4v) is 2.77. The van der Waals surface area contributed by atoms with Gasteiger partial charge in [-0.1, -0.05) is 42.0 Å². The van der Waals surface area contributed by atoms with Crippen LogP contribution in [0, 0.1) is 6.92 Å². The predicted octanol–water partition coefficient (Wildman–Crippen LogP) is 3.48. The first-order valence-corrected chi connectivity index (χ1v) is 8.01. The van der Waals surface area contributed by atoms with Crippen LogP contribution in [0.1, 0.15) is 44.2 Å². The van der Waals surface area contributed by atoms with E-state index < -0.39 is 23.2 Å². The van der Waals surface area contributed by atoms with E-state index in [-0.39, 0.29) is 5.92 Å². The lowest BCUT2D eigenvalue weighted by Crippen LogP contribution is -2.54. The van der Waals surface area contributed by atoms with E-state index in [1.54, 1.807) is 26.8 Å². The summed E-state index contributed by atoms with van der Waals surface area (Å²) in [5, 5.41) is 2.69. The molecule has 0 aliphatic heterocycles. The van der Waals surface area contributed by atoms with Crippen LogP contribution in [-0.4, -0.2) is 30.3 Å². The van der Waals surface area contributed by atoms with Gasteiger partial charge in [0.1, 0.15) is 5.60 Å². The highest BCUT2D eigenvalue weighted by Gasteiger charge is 2.45. The highest BCUT2D eigenvalue weighted by Crippen LogP contribution is 2.36. The number of nitrogens with one attached hydrogen (secondary N) is 1. The molecule has 0 saturated carbocycles. The highest BCUT2D eigenvalue weighted by atomic mass is 16.6. The average Bonchev–Trinajstić information content (AvgIpc) is 2.90. The van der Waals surface area contributed by atoms with Crippen molar-refractivity contribution in [1.29, 1.82) is 0 Å². The first-order valence-electron chi connectivity index (χ1n) is 8.01. The van der Waals surface area contributed by atoms with Crippen molar-refractivity contribution in [3.8, 4) is 0 Å². The molecule has 1 aromatic carbocycles. The molecule has 0 bridgehead atoms. The Kier molecular flexibility index (Phi) is 5.02. The van der Waals surface area contributed by atoms with Crippen LogP contribution in [0.4, 0.5) is 4.79 Å². The molecular formula is C19H25NO4. The zero-order chi connectivity index (χ0) is 18.0. The number of ether oxygens (including phenoxy) is 2. The number of methoxy groups -OCH3 is 1. The van der Waals surface area contributed by atoms with E-state index in [1.165, 1.54) is 12.7 Å². The number of carbonyl (C=O) groups excluding carboxylic acids is 2. The second-order valence-corrected chi connectivity index (χ2v) is 7.17. The lowest BCUT2D eigenvalue weighted by molar-refractivity contribution is -0.146. The first kappa shape index (κ1) is 18.0. The van der Waals surface area contributed by atoms with E-state index in [2.05, 4.69) is 5.32 Å². The number of hydrogen-bond donors (Lipinski definition) is 1. The summed E-state index contributed by atoms with van der Waals surface area (Å²) in [6.45, 7) is 7.35. The molecule has 130 valence electrons.